The van der Waals surface area contributed by atoms with Crippen molar-refractivity contribution in [1.82, 2.24) is 10.3 Å². The predicted octanol–water partition coefficient (Wildman–Crippen LogP) is 3.21. The number of amides is 1. The third kappa shape index (κ3) is 4.19. The molecule has 0 saturated heterocycles. The number of benzene rings is 1. The Kier molecular flexibility index (Phi) is 4.88. The van der Waals surface area contributed by atoms with Gasteiger partial charge in [0.15, 0.2) is 0 Å². The van der Waals surface area contributed by atoms with Gasteiger partial charge in [0.05, 0.1) is 0 Å². The number of rotatable bonds is 5. The van der Waals surface area contributed by atoms with Crippen LogP contribution in [-0.4, -0.2) is 10.9 Å². The summed E-state index contributed by atoms with van der Waals surface area (Å²) < 4.78 is 0. The Labute approximate surface area is 120 Å². The number of carbonyl (C=O) groups excluding carboxylic acids is 1. The Morgan fingerprint density at radius 1 is 1.05 bits per heavy atom. The van der Waals surface area contributed by atoms with Gasteiger partial charge in [-0.15, -0.1) is 0 Å². The van der Waals surface area contributed by atoms with E-state index in [1.165, 1.54) is 5.56 Å². The van der Waals surface area contributed by atoms with Gasteiger partial charge in [0.2, 0.25) is 0 Å². The van der Waals surface area contributed by atoms with E-state index in [-0.39, 0.29) is 5.91 Å². The van der Waals surface area contributed by atoms with Crippen LogP contribution in [-0.2, 0) is 13.0 Å². The average molecular weight is 268 g/mol. The monoisotopic (exact) mass is 268 g/mol. The number of carbonyl (C=O) groups is 1. The van der Waals surface area contributed by atoms with Crippen molar-refractivity contribution < 1.29 is 4.79 Å². The van der Waals surface area contributed by atoms with E-state index < -0.39 is 0 Å². The van der Waals surface area contributed by atoms with E-state index in [0.29, 0.717) is 18.0 Å². The first-order chi connectivity index (χ1) is 9.65. The lowest BCUT2D eigenvalue weighted by Gasteiger charge is -2.08. The van der Waals surface area contributed by atoms with Crippen molar-refractivity contribution in [3.63, 3.8) is 0 Å². The second-order valence-corrected chi connectivity index (χ2v) is 5.33. The minimum atomic E-state index is -0.0707. The van der Waals surface area contributed by atoms with Gasteiger partial charge in [-0.1, -0.05) is 38.1 Å². The van der Waals surface area contributed by atoms with Crippen LogP contribution in [0.3, 0.4) is 0 Å². The molecule has 1 amide bonds. The highest BCUT2D eigenvalue weighted by Gasteiger charge is 2.04. The fourth-order valence-corrected chi connectivity index (χ4v) is 2.05. The highest BCUT2D eigenvalue weighted by atomic mass is 16.1. The number of hydrogen-bond donors (Lipinski definition) is 1. The normalized spacial score (nSPS) is 10.6. The molecule has 0 unspecified atom stereocenters. The van der Waals surface area contributed by atoms with Crippen LogP contribution in [0.4, 0.5) is 0 Å². The van der Waals surface area contributed by atoms with E-state index in [0.717, 1.165) is 12.0 Å². The van der Waals surface area contributed by atoms with Gasteiger partial charge in [0, 0.05) is 24.5 Å². The molecule has 0 fully saturated rings. The molecular weight excluding hydrogens is 248 g/mol. The van der Waals surface area contributed by atoms with Crippen LogP contribution in [0, 0.1) is 5.92 Å². The topological polar surface area (TPSA) is 42.0 Å². The van der Waals surface area contributed by atoms with Gasteiger partial charge in [-0.2, -0.15) is 0 Å². The van der Waals surface area contributed by atoms with E-state index in [1.54, 1.807) is 24.5 Å². The second-order valence-electron chi connectivity index (χ2n) is 5.33. The molecule has 2 aromatic rings. The molecule has 1 aromatic carbocycles. The molecule has 0 atom stereocenters. The summed E-state index contributed by atoms with van der Waals surface area (Å²) in [5.41, 5.74) is 3.08. The van der Waals surface area contributed by atoms with Crippen LogP contribution >= 0.6 is 0 Å². The summed E-state index contributed by atoms with van der Waals surface area (Å²) in [5, 5.41) is 2.91. The zero-order valence-corrected chi connectivity index (χ0v) is 12.0. The van der Waals surface area contributed by atoms with Crippen LogP contribution in [0.15, 0.2) is 48.8 Å². The number of aromatic nitrogens is 1. The first-order valence-corrected chi connectivity index (χ1v) is 6.91. The highest BCUT2D eigenvalue weighted by Crippen LogP contribution is 2.10. The molecule has 0 bridgehead atoms. The maximum atomic E-state index is 11.9. The summed E-state index contributed by atoms with van der Waals surface area (Å²) in [6, 6.07) is 11.8. The summed E-state index contributed by atoms with van der Waals surface area (Å²) in [6.07, 6.45) is 4.33. The Morgan fingerprint density at radius 3 is 2.25 bits per heavy atom. The Bertz CT molecular complexity index is 547. The van der Waals surface area contributed by atoms with E-state index in [1.807, 2.05) is 0 Å². The maximum absolute atomic E-state index is 11.9. The van der Waals surface area contributed by atoms with E-state index in [2.05, 4.69) is 48.4 Å². The van der Waals surface area contributed by atoms with E-state index in [9.17, 15) is 4.79 Å². The van der Waals surface area contributed by atoms with Gasteiger partial charge in [-0.25, -0.2) is 0 Å². The average Bonchev–Trinajstić information content (AvgIpc) is 2.46. The smallest absolute Gasteiger partial charge is 0.251 e. The lowest BCUT2D eigenvalue weighted by atomic mass is 10.0. The Balaban J connectivity index is 1.89. The largest absolute Gasteiger partial charge is 0.348 e. The Morgan fingerprint density at radius 2 is 1.65 bits per heavy atom. The van der Waals surface area contributed by atoms with E-state index in [4.69, 9.17) is 0 Å². The molecule has 0 saturated carbocycles. The molecule has 2 rings (SSSR count). The number of hydrogen-bond acceptors (Lipinski definition) is 2. The molecule has 0 aliphatic heterocycles. The van der Waals surface area contributed by atoms with Crippen molar-refractivity contribution in [3.8, 4) is 0 Å². The molecule has 1 aromatic heterocycles. The summed E-state index contributed by atoms with van der Waals surface area (Å²) in [5.74, 6) is 0.589. The lowest BCUT2D eigenvalue weighted by Crippen LogP contribution is -2.22. The molecule has 1 heterocycles. The second kappa shape index (κ2) is 6.85. The van der Waals surface area contributed by atoms with Gasteiger partial charge < -0.3 is 5.32 Å². The third-order valence-corrected chi connectivity index (χ3v) is 3.06. The lowest BCUT2D eigenvalue weighted by molar-refractivity contribution is 0.0951. The van der Waals surface area contributed by atoms with Gasteiger partial charge in [-0.05, 0) is 35.6 Å². The van der Waals surface area contributed by atoms with Gasteiger partial charge in [0.25, 0.3) is 5.91 Å². The minimum absolute atomic E-state index is 0.0707. The molecule has 104 valence electrons. The molecule has 1 N–H and O–H groups in total. The van der Waals surface area contributed by atoms with Crippen LogP contribution in [0.5, 0.6) is 0 Å². The summed E-state index contributed by atoms with van der Waals surface area (Å²) >= 11 is 0. The molecule has 3 nitrogen and oxygen atoms in total. The quantitative estimate of drug-likeness (QED) is 0.904. The summed E-state index contributed by atoms with van der Waals surface area (Å²) in [6.45, 7) is 4.97. The van der Waals surface area contributed by atoms with Gasteiger partial charge >= 0.3 is 0 Å². The van der Waals surface area contributed by atoms with Gasteiger partial charge in [-0.3, -0.25) is 9.78 Å². The molecular formula is C17H20N2O. The highest BCUT2D eigenvalue weighted by molar-refractivity contribution is 5.93. The van der Waals surface area contributed by atoms with Crippen molar-refractivity contribution >= 4 is 5.91 Å². The number of pyridine rings is 1. The van der Waals surface area contributed by atoms with Crippen LogP contribution in [0.2, 0.25) is 0 Å². The minimum Gasteiger partial charge on any atom is -0.348 e. The zero-order chi connectivity index (χ0) is 14.4. The molecule has 20 heavy (non-hydrogen) atoms. The fraction of sp³-hybridized carbons (Fsp3) is 0.294. The standard InChI is InChI=1S/C17H20N2O/c1-13(2)11-14-3-5-15(6-4-14)12-19-17(20)16-7-9-18-10-8-16/h3-10,13H,11-12H2,1-2H3,(H,19,20). The maximum Gasteiger partial charge on any atom is 0.251 e. The zero-order valence-electron chi connectivity index (χ0n) is 12.0. The van der Waals surface area contributed by atoms with Crippen LogP contribution < -0.4 is 5.32 Å². The molecule has 0 radical (unpaired) electrons. The van der Waals surface area contributed by atoms with Crippen molar-refractivity contribution in [2.45, 2.75) is 26.8 Å². The first-order valence-electron chi connectivity index (χ1n) is 6.91. The van der Waals surface area contributed by atoms with Gasteiger partial charge in [0.1, 0.15) is 0 Å². The summed E-state index contributed by atoms with van der Waals surface area (Å²) in [7, 11) is 0. The predicted molar refractivity (Wildman–Crippen MR) is 80.4 cm³/mol. The number of nitrogens with zero attached hydrogens (tertiary/aromatic N) is 1. The van der Waals surface area contributed by atoms with Crippen LogP contribution in [0.25, 0.3) is 0 Å². The van der Waals surface area contributed by atoms with Crippen molar-refractivity contribution in [3.05, 3.63) is 65.5 Å². The van der Waals surface area contributed by atoms with E-state index >= 15 is 0 Å². The number of nitrogens with one attached hydrogen (secondary N) is 1. The Hall–Kier alpha value is -2.16. The van der Waals surface area contributed by atoms with Crippen molar-refractivity contribution in [2.24, 2.45) is 5.92 Å². The van der Waals surface area contributed by atoms with Crippen molar-refractivity contribution in [1.29, 1.82) is 0 Å². The summed E-state index contributed by atoms with van der Waals surface area (Å²) in [4.78, 5) is 15.8. The molecule has 0 aliphatic carbocycles. The van der Waals surface area contributed by atoms with Crippen molar-refractivity contribution in [2.75, 3.05) is 0 Å². The SMILES string of the molecule is CC(C)Cc1ccc(CNC(=O)c2ccncc2)cc1. The third-order valence-electron chi connectivity index (χ3n) is 3.06. The molecule has 3 heteroatoms. The van der Waals surface area contributed by atoms with Crippen LogP contribution in [0.1, 0.15) is 35.3 Å². The fourth-order valence-electron chi connectivity index (χ4n) is 2.05. The molecule has 0 spiro atoms. The first kappa shape index (κ1) is 14.3. The molecule has 0 aliphatic rings.